The first kappa shape index (κ1) is 19.3. The van der Waals surface area contributed by atoms with E-state index in [1.54, 1.807) is 18.2 Å². The van der Waals surface area contributed by atoms with Crippen molar-refractivity contribution in [3.05, 3.63) is 69.8 Å². The van der Waals surface area contributed by atoms with E-state index in [1.807, 2.05) is 30.5 Å². The van der Waals surface area contributed by atoms with Crippen LogP contribution in [0.3, 0.4) is 0 Å². The molecule has 0 bridgehead atoms. The van der Waals surface area contributed by atoms with Gasteiger partial charge in [-0.05, 0) is 55.5 Å². The van der Waals surface area contributed by atoms with E-state index in [2.05, 4.69) is 26.2 Å². The van der Waals surface area contributed by atoms with Crippen molar-refractivity contribution in [2.24, 2.45) is 0 Å². The van der Waals surface area contributed by atoms with Crippen molar-refractivity contribution in [2.45, 2.75) is 6.92 Å². The molecule has 3 rings (SSSR count). The number of anilines is 1. The minimum Gasteiger partial charge on any atom is -0.493 e. The largest absolute Gasteiger partial charge is 0.493 e. The van der Waals surface area contributed by atoms with Crippen LogP contribution in [0.2, 0.25) is 0 Å². The second-order valence-corrected chi connectivity index (χ2v) is 7.26. The molecule has 0 aliphatic heterocycles. The van der Waals surface area contributed by atoms with Crippen molar-refractivity contribution in [1.82, 2.24) is 4.98 Å². The molecule has 0 spiro atoms. The summed E-state index contributed by atoms with van der Waals surface area (Å²) in [6, 6.07) is 11.7. The zero-order valence-corrected chi connectivity index (χ0v) is 16.8. The van der Waals surface area contributed by atoms with Crippen LogP contribution in [0.4, 0.5) is 9.52 Å². The molecule has 0 aliphatic carbocycles. The predicted molar refractivity (Wildman–Crippen MR) is 110 cm³/mol. The van der Waals surface area contributed by atoms with Gasteiger partial charge in [0.1, 0.15) is 11.6 Å². The smallest absolute Gasteiger partial charge is 0.250 e. The highest BCUT2D eigenvalue weighted by atomic mass is 79.9. The van der Waals surface area contributed by atoms with E-state index in [1.165, 1.54) is 29.5 Å². The first-order valence-corrected chi connectivity index (χ1v) is 9.85. The average molecular weight is 447 g/mol. The number of thiazole rings is 1. The Balaban J connectivity index is 1.69. The Hall–Kier alpha value is -2.51. The van der Waals surface area contributed by atoms with Gasteiger partial charge in [0.2, 0.25) is 5.91 Å². The summed E-state index contributed by atoms with van der Waals surface area (Å²) < 4.78 is 19.5. The lowest BCUT2D eigenvalue weighted by Crippen LogP contribution is -2.07. The maximum atomic E-state index is 13.0. The highest BCUT2D eigenvalue weighted by molar-refractivity contribution is 9.10. The average Bonchev–Trinajstić information content (AvgIpc) is 3.11. The quantitative estimate of drug-likeness (QED) is 0.489. The molecular weight excluding hydrogens is 431 g/mol. The van der Waals surface area contributed by atoms with Gasteiger partial charge in [-0.3, -0.25) is 10.1 Å². The summed E-state index contributed by atoms with van der Waals surface area (Å²) in [5.74, 6) is 0.113. The van der Waals surface area contributed by atoms with Crippen LogP contribution in [-0.2, 0) is 4.79 Å². The van der Waals surface area contributed by atoms with Crippen LogP contribution in [-0.4, -0.2) is 17.5 Å². The fraction of sp³-hybridized carbons (Fsp3) is 0.100. The number of halogens is 2. The van der Waals surface area contributed by atoms with Crippen molar-refractivity contribution >= 4 is 44.4 Å². The summed E-state index contributed by atoms with van der Waals surface area (Å²) in [5, 5.41) is 5.02. The molecule has 7 heteroatoms. The van der Waals surface area contributed by atoms with Crippen molar-refractivity contribution in [1.29, 1.82) is 0 Å². The van der Waals surface area contributed by atoms with E-state index in [9.17, 15) is 9.18 Å². The summed E-state index contributed by atoms with van der Waals surface area (Å²) in [4.78, 5) is 16.6. The number of hydrogen-bond acceptors (Lipinski definition) is 4. The Morgan fingerprint density at radius 2 is 2.07 bits per heavy atom. The maximum Gasteiger partial charge on any atom is 0.250 e. The topological polar surface area (TPSA) is 51.2 Å². The number of rotatable bonds is 6. The Kier molecular flexibility index (Phi) is 6.36. The Labute approximate surface area is 168 Å². The molecule has 2 aromatic carbocycles. The van der Waals surface area contributed by atoms with Crippen LogP contribution in [0, 0.1) is 5.82 Å². The molecule has 0 atom stereocenters. The number of nitrogens with zero attached hydrogens (tertiary/aromatic N) is 1. The van der Waals surface area contributed by atoms with Crippen molar-refractivity contribution in [2.75, 3.05) is 11.9 Å². The number of carbonyl (C=O) groups excluding carboxylic acids is 1. The van der Waals surface area contributed by atoms with Gasteiger partial charge in [0.05, 0.1) is 12.3 Å². The van der Waals surface area contributed by atoms with Gasteiger partial charge in [-0.25, -0.2) is 9.37 Å². The highest BCUT2D eigenvalue weighted by Gasteiger charge is 2.07. The number of nitrogens with one attached hydrogen (secondary N) is 1. The van der Waals surface area contributed by atoms with Crippen molar-refractivity contribution in [3.8, 4) is 17.0 Å². The number of amides is 1. The van der Waals surface area contributed by atoms with Crippen molar-refractivity contribution < 1.29 is 13.9 Å². The second-order valence-electron chi connectivity index (χ2n) is 5.48. The lowest BCUT2D eigenvalue weighted by atomic mass is 10.2. The van der Waals surface area contributed by atoms with Crippen LogP contribution in [0.25, 0.3) is 17.3 Å². The minimum atomic E-state index is -0.299. The van der Waals surface area contributed by atoms with Gasteiger partial charge in [0.15, 0.2) is 5.13 Å². The molecule has 1 aromatic heterocycles. The first-order valence-electron chi connectivity index (χ1n) is 8.18. The van der Waals surface area contributed by atoms with Crippen LogP contribution in [0.5, 0.6) is 5.75 Å². The highest BCUT2D eigenvalue weighted by Crippen LogP contribution is 2.26. The zero-order valence-electron chi connectivity index (χ0n) is 14.4. The molecule has 0 saturated heterocycles. The Morgan fingerprint density at radius 3 is 2.81 bits per heavy atom. The SMILES string of the molecule is CCOc1ccc(Br)cc1C=CC(=O)Nc1nc(-c2ccc(F)cc2)cs1. The summed E-state index contributed by atoms with van der Waals surface area (Å²) in [5.41, 5.74) is 2.27. The third-order valence-electron chi connectivity index (χ3n) is 3.56. The number of aromatic nitrogens is 1. The summed E-state index contributed by atoms with van der Waals surface area (Å²) in [7, 11) is 0. The lowest BCUT2D eigenvalue weighted by molar-refractivity contribution is -0.111. The summed E-state index contributed by atoms with van der Waals surface area (Å²) >= 11 is 4.73. The van der Waals surface area contributed by atoms with Gasteiger partial charge in [-0.15, -0.1) is 11.3 Å². The lowest BCUT2D eigenvalue weighted by Gasteiger charge is -2.07. The molecule has 1 N–H and O–H groups in total. The molecule has 0 radical (unpaired) electrons. The van der Waals surface area contributed by atoms with Gasteiger partial charge in [0, 0.05) is 27.1 Å². The molecule has 0 aliphatic rings. The van der Waals surface area contributed by atoms with Gasteiger partial charge >= 0.3 is 0 Å². The third kappa shape index (κ3) is 5.24. The summed E-state index contributed by atoms with van der Waals surface area (Å²) in [6.45, 7) is 2.45. The molecule has 4 nitrogen and oxygen atoms in total. The van der Waals surface area contributed by atoms with E-state index in [-0.39, 0.29) is 11.7 Å². The van der Waals surface area contributed by atoms with Gasteiger partial charge in [-0.1, -0.05) is 15.9 Å². The zero-order chi connectivity index (χ0) is 19.2. The van der Waals surface area contributed by atoms with Crippen LogP contribution in [0.1, 0.15) is 12.5 Å². The van der Waals surface area contributed by atoms with Gasteiger partial charge in [0.25, 0.3) is 0 Å². The van der Waals surface area contributed by atoms with E-state index < -0.39 is 0 Å². The van der Waals surface area contributed by atoms with Gasteiger partial charge in [-0.2, -0.15) is 0 Å². The molecule has 0 fully saturated rings. The fourth-order valence-electron chi connectivity index (χ4n) is 2.33. The van der Waals surface area contributed by atoms with Crippen LogP contribution in [0.15, 0.2) is 58.4 Å². The number of ether oxygens (including phenoxy) is 1. The van der Waals surface area contributed by atoms with E-state index in [0.29, 0.717) is 23.2 Å². The van der Waals surface area contributed by atoms with E-state index in [4.69, 9.17) is 4.74 Å². The molecule has 138 valence electrons. The first-order chi connectivity index (χ1) is 13.0. The van der Waals surface area contributed by atoms with Gasteiger partial charge < -0.3 is 4.74 Å². The minimum absolute atomic E-state index is 0.294. The van der Waals surface area contributed by atoms with E-state index in [0.717, 1.165) is 15.6 Å². The molecule has 27 heavy (non-hydrogen) atoms. The second kappa shape index (κ2) is 8.92. The molecular formula is C20H16BrFN2O2S. The molecule has 1 amide bonds. The normalized spacial score (nSPS) is 10.9. The molecule has 0 unspecified atom stereocenters. The molecule has 3 aromatic rings. The van der Waals surface area contributed by atoms with Crippen molar-refractivity contribution in [3.63, 3.8) is 0 Å². The number of carbonyl (C=O) groups is 1. The third-order valence-corrected chi connectivity index (χ3v) is 4.81. The Bertz CT molecular complexity index is 970. The van der Waals surface area contributed by atoms with Crippen LogP contribution >= 0.6 is 27.3 Å². The van der Waals surface area contributed by atoms with Crippen LogP contribution < -0.4 is 10.1 Å². The monoisotopic (exact) mass is 446 g/mol. The molecule has 0 saturated carbocycles. The molecule has 1 heterocycles. The maximum absolute atomic E-state index is 13.0. The Morgan fingerprint density at radius 1 is 1.30 bits per heavy atom. The predicted octanol–water partition coefficient (Wildman–Crippen LogP) is 5.76. The number of hydrogen-bond donors (Lipinski definition) is 1. The standard InChI is InChI=1S/C20H16BrFN2O2S/c1-2-26-18-9-6-15(21)11-14(18)5-10-19(25)24-20-23-17(12-27-20)13-3-7-16(22)8-4-13/h3-12H,2H2,1H3,(H,23,24,25). The number of benzene rings is 2. The summed E-state index contributed by atoms with van der Waals surface area (Å²) in [6.07, 6.45) is 3.13. The van der Waals surface area contributed by atoms with E-state index >= 15 is 0 Å². The fourth-order valence-corrected chi connectivity index (χ4v) is 3.43.